The van der Waals surface area contributed by atoms with Crippen LogP contribution in [-0.4, -0.2) is 30.0 Å². The smallest absolute Gasteiger partial charge is 0.403 e. The molecule has 0 radical (unpaired) electrons. The van der Waals surface area contributed by atoms with Crippen molar-refractivity contribution in [3.05, 3.63) is 35.9 Å². The van der Waals surface area contributed by atoms with Crippen LogP contribution < -0.4 is 0 Å². The van der Waals surface area contributed by atoms with Gasteiger partial charge in [0.05, 0.1) is 6.61 Å². The molecule has 1 heterocycles. The molecule has 3 nitrogen and oxygen atoms in total. The van der Waals surface area contributed by atoms with E-state index in [4.69, 9.17) is 16.3 Å². The predicted molar refractivity (Wildman–Crippen MR) is 76.3 cm³/mol. The molecule has 0 unspecified atom stereocenters. The number of ether oxygens (including phenoxy) is 1. The summed E-state index contributed by atoms with van der Waals surface area (Å²) < 4.78 is 4.78. The third kappa shape index (κ3) is 5.21. The lowest BCUT2D eigenvalue weighted by Crippen LogP contribution is -2.33. The number of halogens is 1. The molecular formula is C15H20ClNO2. The Morgan fingerprint density at radius 3 is 2.58 bits per heavy atom. The number of carbonyl (C=O) groups excluding carboxylic acids is 1. The van der Waals surface area contributed by atoms with Crippen molar-refractivity contribution in [1.82, 2.24) is 4.90 Å². The SMILES string of the molecule is O=C(Cl)OCCC1CCN(Cc2ccccc2)CC1. The first kappa shape index (κ1) is 14.4. The Balaban J connectivity index is 1.66. The van der Waals surface area contributed by atoms with E-state index in [1.165, 1.54) is 18.4 Å². The molecule has 1 aromatic rings. The number of rotatable bonds is 5. The second-order valence-electron chi connectivity index (χ2n) is 5.08. The lowest BCUT2D eigenvalue weighted by atomic mass is 9.93. The third-order valence-corrected chi connectivity index (χ3v) is 3.81. The van der Waals surface area contributed by atoms with Gasteiger partial charge in [-0.3, -0.25) is 4.90 Å². The predicted octanol–water partition coefficient (Wildman–Crippen LogP) is 3.66. The fourth-order valence-electron chi connectivity index (χ4n) is 2.58. The van der Waals surface area contributed by atoms with Gasteiger partial charge in [-0.05, 0) is 43.8 Å². The summed E-state index contributed by atoms with van der Waals surface area (Å²) in [4.78, 5) is 13.0. The van der Waals surface area contributed by atoms with E-state index in [9.17, 15) is 4.79 Å². The molecule has 0 N–H and O–H groups in total. The van der Waals surface area contributed by atoms with Crippen LogP contribution in [-0.2, 0) is 11.3 Å². The van der Waals surface area contributed by atoms with Crippen LogP contribution in [0.5, 0.6) is 0 Å². The Morgan fingerprint density at radius 1 is 1.26 bits per heavy atom. The van der Waals surface area contributed by atoms with Gasteiger partial charge in [0.15, 0.2) is 0 Å². The van der Waals surface area contributed by atoms with Crippen LogP contribution >= 0.6 is 11.6 Å². The van der Waals surface area contributed by atoms with Crippen molar-refractivity contribution in [2.75, 3.05) is 19.7 Å². The summed E-state index contributed by atoms with van der Waals surface area (Å²) in [5.41, 5.74) is 0.679. The normalized spacial score (nSPS) is 17.3. The lowest BCUT2D eigenvalue weighted by Gasteiger charge is -2.31. The van der Waals surface area contributed by atoms with Gasteiger partial charge < -0.3 is 4.74 Å². The summed E-state index contributed by atoms with van der Waals surface area (Å²) >= 11 is 5.14. The highest BCUT2D eigenvalue weighted by Crippen LogP contribution is 2.21. The van der Waals surface area contributed by atoms with E-state index in [2.05, 4.69) is 29.2 Å². The first-order valence-electron chi connectivity index (χ1n) is 6.82. The maximum atomic E-state index is 10.5. The molecule has 0 saturated carbocycles. The zero-order valence-corrected chi connectivity index (χ0v) is 11.8. The van der Waals surface area contributed by atoms with Gasteiger partial charge in [-0.2, -0.15) is 0 Å². The maximum absolute atomic E-state index is 10.5. The Hall–Kier alpha value is -1.06. The number of hydrogen-bond acceptors (Lipinski definition) is 3. The fraction of sp³-hybridized carbons (Fsp3) is 0.533. The summed E-state index contributed by atoms with van der Waals surface area (Å²) in [5.74, 6) is 0.656. The third-order valence-electron chi connectivity index (χ3n) is 3.70. The van der Waals surface area contributed by atoms with E-state index in [1.54, 1.807) is 0 Å². The van der Waals surface area contributed by atoms with Gasteiger partial charge in [0.2, 0.25) is 0 Å². The quantitative estimate of drug-likeness (QED) is 0.772. The van der Waals surface area contributed by atoms with Crippen LogP contribution in [0.25, 0.3) is 0 Å². The molecule has 1 aliphatic heterocycles. The van der Waals surface area contributed by atoms with E-state index in [-0.39, 0.29) is 0 Å². The van der Waals surface area contributed by atoms with Crippen LogP contribution in [0, 0.1) is 5.92 Å². The molecule has 0 spiro atoms. The Morgan fingerprint density at radius 2 is 1.95 bits per heavy atom. The van der Waals surface area contributed by atoms with Crippen LogP contribution in [0.2, 0.25) is 0 Å². The molecule has 2 rings (SSSR count). The average Bonchev–Trinajstić information content (AvgIpc) is 2.42. The Labute approximate surface area is 119 Å². The first-order valence-corrected chi connectivity index (χ1v) is 7.20. The summed E-state index contributed by atoms with van der Waals surface area (Å²) in [5, 5.41) is 0. The van der Waals surface area contributed by atoms with Crippen LogP contribution in [0.3, 0.4) is 0 Å². The van der Waals surface area contributed by atoms with Crippen LogP contribution in [0.4, 0.5) is 4.79 Å². The maximum Gasteiger partial charge on any atom is 0.403 e. The number of nitrogens with zero attached hydrogens (tertiary/aromatic N) is 1. The molecule has 19 heavy (non-hydrogen) atoms. The van der Waals surface area contributed by atoms with E-state index in [0.29, 0.717) is 12.5 Å². The van der Waals surface area contributed by atoms with Crippen molar-refractivity contribution >= 4 is 17.0 Å². The van der Waals surface area contributed by atoms with Crippen molar-refractivity contribution in [2.45, 2.75) is 25.8 Å². The van der Waals surface area contributed by atoms with Crippen molar-refractivity contribution in [1.29, 1.82) is 0 Å². The number of piperidine rings is 1. The molecule has 1 aromatic carbocycles. The molecule has 1 saturated heterocycles. The number of carbonyl (C=O) groups is 1. The minimum Gasteiger partial charge on any atom is -0.454 e. The highest BCUT2D eigenvalue weighted by Gasteiger charge is 2.19. The van der Waals surface area contributed by atoms with Crippen molar-refractivity contribution in [3.63, 3.8) is 0 Å². The first-order chi connectivity index (χ1) is 9.24. The molecule has 0 atom stereocenters. The molecule has 0 amide bonds. The standard InChI is InChI=1S/C15H20ClNO2/c16-15(18)19-11-8-13-6-9-17(10-7-13)12-14-4-2-1-3-5-14/h1-5,13H,6-12H2. The summed E-state index contributed by atoms with van der Waals surface area (Å²) in [7, 11) is 0. The zero-order valence-electron chi connectivity index (χ0n) is 11.1. The van der Waals surface area contributed by atoms with Gasteiger partial charge in [-0.25, -0.2) is 4.79 Å². The molecule has 0 aromatic heterocycles. The van der Waals surface area contributed by atoms with Crippen LogP contribution in [0.1, 0.15) is 24.8 Å². The van der Waals surface area contributed by atoms with Crippen LogP contribution in [0.15, 0.2) is 30.3 Å². The molecular weight excluding hydrogens is 262 g/mol. The monoisotopic (exact) mass is 281 g/mol. The minimum atomic E-state index is -0.693. The Bertz CT molecular complexity index is 388. The highest BCUT2D eigenvalue weighted by molar-refractivity contribution is 6.61. The van der Waals surface area contributed by atoms with Gasteiger partial charge >= 0.3 is 5.43 Å². The molecule has 104 valence electrons. The Kier molecular flexibility index (Phi) is 5.67. The van der Waals surface area contributed by atoms with E-state index < -0.39 is 5.43 Å². The average molecular weight is 282 g/mol. The van der Waals surface area contributed by atoms with E-state index >= 15 is 0 Å². The number of hydrogen-bond donors (Lipinski definition) is 0. The number of benzene rings is 1. The molecule has 0 bridgehead atoms. The molecule has 0 aliphatic carbocycles. The molecule has 4 heteroatoms. The highest BCUT2D eigenvalue weighted by atomic mass is 35.5. The van der Waals surface area contributed by atoms with Gasteiger partial charge in [-0.1, -0.05) is 30.3 Å². The minimum absolute atomic E-state index is 0.450. The number of likely N-dealkylation sites (tertiary alicyclic amines) is 1. The molecule has 1 aliphatic rings. The van der Waals surface area contributed by atoms with E-state index in [0.717, 1.165) is 26.1 Å². The lowest BCUT2D eigenvalue weighted by molar-refractivity contribution is 0.136. The topological polar surface area (TPSA) is 29.5 Å². The van der Waals surface area contributed by atoms with E-state index in [1.807, 2.05) is 6.07 Å². The van der Waals surface area contributed by atoms with Crippen molar-refractivity contribution in [2.24, 2.45) is 5.92 Å². The van der Waals surface area contributed by atoms with Gasteiger partial charge in [-0.15, -0.1) is 0 Å². The van der Waals surface area contributed by atoms with Gasteiger partial charge in [0, 0.05) is 18.1 Å². The van der Waals surface area contributed by atoms with Gasteiger partial charge in [0.25, 0.3) is 0 Å². The molecule has 1 fully saturated rings. The van der Waals surface area contributed by atoms with Gasteiger partial charge in [0.1, 0.15) is 0 Å². The largest absolute Gasteiger partial charge is 0.454 e. The summed E-state index contributed by atoms with van der Waals surface area (Å²) in [6.45, 7) is 3.72. The van der Waals surface area contributed by atoms with Crippen molar-refractivity contribution in [3.8, 4) is 0 Å². The van der Waals surface area contributed by atoms with Crippen molar-refractivity contribution < 1.29 is 9.53 Å². The fourth-order valence-corrected chi connectivity index (χ4v) is 2.66. The second kappa shape index (κ2) is 7.51. The zero-order chi connectivity index (χ0) is 13.5. The summed E-state index contributed by atoms with van der Waals surface area (Å²) in [6, 6.07) is 10.6. The summed E-state index contributed by atoms with van der Waals surface area (Å²) in [6.07, 6.45) is 3.27. The second-order valence-corrected chi connectivity index (χ2v) is 5.39.